The van der Waals surface area contributed by atoms with Gasteiger partial charge in [-0.15, -0.1) is 0 Å². The van der Waals surface area contributed by atoms with Crippen molar-refractivity contribution in [2.45, 2.75) is 0 Å². The van der Waals surface area contributed by atoms with E-state index in [1.54, 1.807) is 36.4 Å². The van der Waals surface area contributed by atoms with Crippen LogP contribution in [0.3, 0.4) is 0 Å². The van der Waals surface area contributed by atoms with Crippen LogP contribution in [0.25, 0.3) is 0 Å². The van der Waals surface area contributed by atoms with Gasteiger partial charge in [0.2, 0.25) is 0 Å². The Balaban J connectivity index is 2.01. The number of carboxylic acid groups (broad SMARTS) is 1. The van der Waals surface area contributed by atoms with E-state index in [2.05, 4.69) is 10.5 Å². The summed E-state index contributed by atoms with van der Waals surface area (Å²) < 4.78 is 0. The molecule has 0 fully saturated rings. The molecule has 21 heavy (non-hydrogen) atoms. The summed E-state index contributed by atoms with van der Waals surface area (Å²) in [7, 11) is 0. The van der Waals surface area contributed by atoms with Crippen molar-refractivity contribution in [2.75, 3.05) is 0 Å². The van der Waals surface area contributed by atoms with E-state index in [9.17, 15) is 9.59 Å². The molecule has 0 saturated heterocycles. The smallest absolute Gasteiger partial charge is 0.335 e. The van der Waals surface area contributed by atoms with Gasteiger partial charge in [-0.3, -0.25) is 4.79 Å². The number of halogens is 1. The predicted molar refractivity (Wildman–Crippen MR) is 79.9 cm³/mol. The summed E-state index contributed by atoms with van der Waals surface area (Å²) in [4.78, 5) is 22.5. The normalized spacial score (nSPS) is 10.5. The Bertz CT molecular complexity index is 696. The van der Waals surface area contributed by atoms with Gasteiger partial charge in [0.1, 0.15) is 0 Å². The molecule has 0 heterocycles. The first-order chi connectivity index (χ1) is 10.1. The van der Waals surface area contributed by atoms with E-state index in [1.807, 2.05) is 0 Å². The van der Waals surface area contributed by atoms with Gasteiger partial charge in [0.25, 0.3) is 5.91 Å². The Morgan fingerprint density at radius 3 is 2.38 bits per heavy atom. The number of nitrogens with zero attached hydrogens (tertiary/aromatic N) is 1. The van der Waals surface area contributed by atoms with Crippen molar-refractivity contribution in [3.8, 4) is 0 Å². The van der Waals surface area contributed by atoms with E-state index >= 15 is 0 Å². The van der Waals surface area contributed by atoms with Crippen LogP contribution in [0.1, 0.15) is 26.3 Å². The molecule has 2 N–H and O–H groups in total. The van der Waals surface area contributed by atoms with Gasteiger partial charge in [-0.2, -0.15) is 5.10 Å². The van der Waals surface area contributed by atoms with Crippen molar-refractivity contribution in [1.82, 2.24) is 5.43 Å². The van der Waals surface area contributed by atoms with Gasteiger partial charge < -0.3 is 5.11 Å². The number of hydrogen-bond acceptors (Lipinski definition) is 3. The van der Waals surface area contributed by atoms with E-state index in [-0.39, 0.29) is 5.56 Å². The molecule has 0 saturated carbocycles. The molecule has 6 heteroatoms. The third-order valence-corrected chi connectivity index (χ3v) is 2.99. The maximum atomic E-state index is 11.8. The minimum atomic E-state index is -0.995. The Morgan fingerprint density at radius 1 is 1.10 bits per heavy atom. The molecule has 0 aliphatic heterocycles. The first kappa shape index (κ1) is 14.7. The number of carboxylic acids is 1. The van der Waals surface area contributed by atoms with Gasteiger partial charge in [-0.25, -0.2) is 10.2 Å². The molecule has 0 aliphatic rings. The Labute approximate surface area is 125 Å². The lowest BCUT2D eigenvalue weighted by atomic mass is 10.1. The molecule has 0 atom stereocenters. The number of hydrazone groups is 1. The monoisotopic (exact) mass is 302 g/mol. The lowest BCUT2D eigenvalue weighted by Crippen LogP contribution is -2.17. The van der Waals surface area contributed by atoms with E-state index in [0.717, 1.165) is 0 Å². The molecule has 2 rings (SSSR count). The molecule has 0 aliphatic carbocycles. The molecular weight excluding hydrogens is 292 g/mol. The zero-order chi connectivity index (χ0) is 15.2. The maximum absolute atomic E-state index is 11.8. The summed E-state index contributed by atoms with van der Waals surface area (Å²) in [6, 6.07) is 12.7. The van der Waals surface area contributed by atoms with Crippen molar-refractivity contribution in [3.05, 3.63) is 70.2 Å². The number of aromatic carboxylic acids is 1. The summed E-state index contributed by atoms with van der Waals surface area (Å²) in [5, 5.41) is 12.9. The molecule has 106 valence electrons. The zero-order valence-electron chi connectivity index (χ0n) is 10.8. The summed E-state index contributed by atoms with van der Waals surface area (Å²) in [5.41, 5.74) is 3.54. The Morgan fingerprint density at radius 2 is 1.76 bits per heavy atom. The van der Waals surface area contributed by atoms with Crippen LogP contribution in [-0.2, 0) is 0 Å². The SMILES string of the molecule is O=C(O)c1ccc(/C=N/NC(=O)c2ccccc2Cl)cc1. The minimum Gasteiger partial charge on any atom is -0.478 e. The first-order valence-corrected chi connectivity index (χ1v) is 6.37. The number of amides is 1. The predicted octanol–water partition coefficient (Wildman–Crippen LogP) is 2.80. The average Bonchev–Trinajstić information content (AvgIpc) is 2.48. The van der Waals surface area contributed by atoms with Crippen LogP contribution in [-0.4, -0.2) is 23.2 Å². The first-order valence-electron chi connectivity index (χ1n) is 5.99. The van der Waals surface area contributed by atoms with Crippen molar-refractivity contribution in [1.29, 1.82) is 0 Å². The highest BCUT2D eigenvalue weighted by molar-refractivity contribution is 6.33. The highest BCUT2D eigenvalue weighted by atomic mass is 35.5. The summed E-state index contributed by atoms with van der Waals surface area (Å²) in [6.45, 7) is 0. The van der Waals surface area contributed by atoms with E-state index in [0.29, 0.717) is 16.1 Å². The number of carbonyl (C=O) groups is 2. The maximum Gasteiger partial charge on any atom is 0.335 e. The largest absolute Gasteiger partial charge is 0.478 e. The average molecular weight is 303 g/mol. The zero-order valence-corrected chi connectivity index (χ0v) is 11.5. The lowest BCUT2D eigenvalue weighted by molar-refractivity contribution is 0.0696. The van der Waals surface area contributed by atoms with E-state index in [4.69, 9.17) is 16.7 Å². The van der Waals surface area contributed by atoms with E-state index < -0.39 is 11.9 Å². The fourth-order valence-corrected chi connectivity index (χ4v) is 1.80. The van der Waals surface area contributed by atoms with Crippen LogP contribution in [0.4, 0.5) is 0 Å². The van der Waals surface area contributed by atoms with Gasteiger partial charge in [-0.05, 0) is 29.8 Å². The van der Waals surface area contributed by atoms with Gasteiger partial charge in [0.05, 0.1) is 22.4 Å². The quantitative estimate of drug-likeness (QED) is 0.673. The fraction of sp³-hybridized carbons (Fsp3) is 0. The van der Waals surface area contributed by atoms with Gasteiger partial charge in [0.15, 0.2) is 0 Å². The minimum absolute atomic E-state index is 0.187. The van der Waals surface area contributed by atoms with Crippen molar-refractivity contribution >= 4 is 29.7 Å². The summed E-state index contributed by atoms with van der Waals surface area (Å²) in [6.07, 6.45) is 1.42. The molecule has 0 unspecified atom stereocenters. The molecule has 5 nitrogen and oxygen atoms in total. The van der Waals surface area contributed by atoms with Crippen LogP contribution in [0.2, 0.25) is 5.02 Å². The Hall–Kier alpha value is -2.66. The van der Waals surface area contributed by atoms with Gasteiger partial charge in [0, 0.05) is 0 Å². The van der Waals surface area contributed by atoms with Crippen LogP contribution in [0.15, 0.2) is 53.6 Å². The number of benzene rings is 2. The molecule has 2 aromatic rings. The van der Waals surface area contributed by atoms with Gasteiger partial charge >= 0.3 is 5.97 Å². The van der Waals surface area contributed by atoms with Crippen molar-refractivity contribution in [2.24, 2.45) is 5.10 Å². The van der Waals surface area contributed by atoms with Crippen molar-refractivity contribution < 1.29 is 14.7 Å². The second-order valence-corrected chi connectivity index (χ2v) is 4.51. The standard InChI is InChI=1S/C15H11ClN2O3/c16-13-4-2-1-3-12(13)14(19)18-17-9-10-5-7-11(8-6-10)15(20)21/h1-9H,(H,18,19)(H,20,21)/b17-9+. The van der Waals surface area contributed by atoms with Gasteiger partial charge in [-0.1, -0.05) is 35.9 Å². The Kier molecular flexibility index (Phi) is 4.68. The van der Waals surface area contributed by atoms with Crippen LogP contribution in [0, 0.1) is 0 Å². The second-order valence-electron chi connectivity index (χ2n) is 4.11. The third kappa shape index (κ3) is 3.90. The topological polar surface area (TPSA) is 78.8 Å². The number of rotatable bonds is 4. The van der Waals surface area contributed by atoms with Crippen LogP contribution < -0.4 is 5.43 Å². The van der Waals surface area contributed by atoms with Crippen LogP contribution >= 0.6 is 11.6 Å². The fourth-order valence-electron chi connectivity index (χ4n) is 1.58. The van der Waals surface area contributed by atoms with Crippen molar-refractivity contribution in [3.63, 3.8) is 0 Å². The molecule has 1 amide bonds. The third-order valence-electron chi connectivity index (χ3n) is 2.66. The molecule has 0 spiro atoms. The lowest BCUT2D eigenvalue weighted by Gasteiger charge is -2.01. The molecule has 0 bridgehead atoms. The number of carbonyl (C=O) groups excluding carboxylic acids is 1. The highest BCUT2D eigenvalue weighted by Crippen LogP contribution is 2.14. The number of nitrogens with one attached hydrogen (secondary N) is 1. The molecule has 0 radical (unpaired) electrons. The highest BCUT2D eigenvalue weighted by Gasteiger charge is 2.07. The second kappa shape index (κ2) is 6.67. The molecular formula is C15H11ClN2O3. The van der Waals surface area contributed by atoms with E-state index in [1.165, 1.54) is 18.3 Å². The summed E-state index contributed by atoms with van der Waals surface area (Å²) in [5.74, 6) is -1.41. The molecule has 2 aromatic carbocycles. The summed E-state index contributed by atoms with van der Waals surface area (Å²) >= 11 is 5.89. The van der Waals surface area contributed by atoms with Crippen LogP contribution in [0.5, 0.6) is 0 Å². The number of hydrogen-bond donors (Lipinski definition) is 2. The molecule has 0 aromatic heterocycles.